The summed E-state index contributed by atoms with van der Waals surface area (Å²) in [5.41, 5.74) is 1.33. The second-order valence-corrected chi connectivity index (χ2v) is 11.2. The van der Waals surface area contributed by atoms with E-state index >= 15 is 0 Å². The molecule has 0 N–H and O–H groups in total. The molecule has 1 saturated heterocycles. The van der Waals surface area contributed by atoms with Gasteiger partial charge in [0.05, 0.1) is 28.8 Å². The number of aromatic nitrogens is 2. The van der Waals surface area contributed by atoms with Crippen molar-refractivity contribution < 1.29 is 22.3 Å². The van der Waals surface area contributed by atoms with E-state index in [0.29, 0.717) is 33.9 Å². The fourth-order valence-electron chi connectivity index (χ4n) is 4.25. The van der Waals surface area contributed by atoms with Gasteiger partial charge in [0, 0.05) is 18.9 Å². The van der Waals surface area contributed by atoms with Crippen molar-refractivity contribution in [3.63, 3.8) is 0 Å². The minimum Gasteiger partial charge on any atom is -0.497 e. The predicted octanol–water partition coefficient (Wildman–Crippen LogP) is 4.23. The first-order valence-electron chi connectivity index (χ1n) is 11.3. The summed E-state index contributed by atoms with van der Waals surface area (Å²) in [6.45, 7) is 0.387. The van der Waals surface area contributed by atoms with Gasteiger partial charge in [-0.2, -0.15) is 4.31 Å². The Morgan fingerprint density at radius 3 is 2.75 bits per heavy atom. The number of pyridine rings is 1. The smallest absolute Gasteiger partial charge is 0.247 e. The highest BCUT2D eigenvalue weighted by Gasteiger charge is 2.42. The van der Waals surface area contributed by atoms with Crippen molar-refractivity contribution in [3.05, 3.63) is 78.4 Å². The van der Waals surface area contributed by atoms with Crippen LogP contribution in [0.1, 0.15) is 18.4 Å². The standard InChI is InChI=1S/C25H23FN4O4S2/c1-34-19-7-9-20(10-8-19)36(32,33)30-13-3-5-22(30)24(31)29(16-17-4-2-12-27-15-17)25-28-21-11-6-18(26)14-23(21)35-25/h2,4,6-12,14-15,22H,3,5,13,16H2,1H3. The molecule has 1 aliphatic rings. The molecule has 0 spiro atoms. The molecule has 11 heteroatoms. The van der Waals surface area contributed by atoms with Gasteiger partial charge in [0.25, 0.3) is 0 Å². The van der Waals surface area contributed by atoms with E-state index < -0.39 is 21.9 Å². The fraction of sp³-hybridized carbons (Fsp3) is 0.240. The van der Waals surface area contributed by atoms with E-state index in [1.165, 1.54) is 51.9 Å². The van der Waals surface area contributed by atoms with Crippen LogP contribution in [-0.4, -0.2) is 48.3 Å². The van der Waals surface area contributed by atoms with Gasteiger partial charge in [0.2, 0.25) is 15.9 Å². The molecule has 1 fully saturated rings. The maximum atomic E-state index is 14.0. The van der Waals surface area contributed by atoms with Crippen LogP contribution in [0.15, 0.2) is 71.9 Å². The summed E-state index contributed by atoms with van der Waals surface area (Å²) in [7, 11) is -2.42. The van der Waals surface area contributed by atoms with Crippen molar-refractivity contribution >= 4 is 42.6 Å². The molecular formula is C25H23FN4O4S2. The third-order valence-corrected chi connectivity index (χ3v) is 9.02. The van der Waals surface area contributed by atoms with Crippen LogP contribution in [0.4, 0.5) is 9.52 Å². The second kappa shape index (κ2) is 9.92. The number of ether oxygens (including phenoxy) is 1. The van der Waals surface area contributed by atoms with Crippen LogP contribution in [0.5, 0.6) is 5.75 Å². The molecule has 1 aliphatic heterocycles. The lowest BCUT2D eigenvalue weighted by atomic mass is 10.2. The number of carbonyl (C=O) groups is 1. The lowest BCUT2D eigenvalue weighted by Gasteiger charge is -2.28. The third-order valence-electron chi connectivity index (χ3n) is 6.05. The van der Waals surface area contributed by atoms with E-state index in [0.717, 1.165) is 5.56 Å². The number of sulfonamides is 1. The zero-order valence-corrected chi connectivity index (χ0v) is 21.0. The van der Waals surface area contributed by atoms with Gasteiger partial charge < -0.3 is 4.74 Å². The largest absolute Gasteiger partial charge is 0.497 e. The quantitative estimate of drug-likeness (QED) is 0.358. The van der Waals surface area contributed by atoms with Gasteiger partial charge in [0.15, 0.2) is 5.13 Å². The van der Waals surface area contributed by atoms with Gasteiger partial charge in [-0.3, -0.25) is 14.7 Å². The minimum absolute atomic E-state index is 0.0947. The van der Waals surface area contributed by atoms with E-state index in [1.54, 1.807) is 36.7 Å². The monoisotopic (exact) mass is 526 g/mol. The number of anilines is 1. The van der Waals surface area contributed by atoms with Crippen LogP contribution >= 0.6 is 11.3 Å². The maximum Gasteiger partial charge on any atom is 0.247 e. The van der Waals surface area contributed by atoms with Crippen molar-refractivity contribution in [1.29, 1.82) is 0 Å². The van der Waals surface area contributed by atoms with Crippen LogP contribution in [0, 0.1) is 5.82 Å². The Morgan fingerprint density at radius 1 is 1.22 bits per heavy atom. The molecule has 2 aromatic heterocycles. The Bertz CT molecular complexity index is 1490. The summed E-state index contributed by atoms with van der Waals surface area (Å²) in [6, 6.07) is 13.1. The van der Waals surface area contributed by atoms with E-state index in [4.69, 9.17) is 4.74 Å². The Hall–Kier alpha value is -3.41. The summed E-state index contributed by atoms with van der Waals surface area (Å²) in [5.74, 6) is -0.235. The number of hydrogen-bond donors (Lipinski definition) is 0. The van der Waals surface area contributed by atoms with Crippen molar-refractivity contribution in [1.82, 2.24) is 14.3 Å². The van der Waals surface area contributed by atoms with Crippen LogP contribution < -0.4 is 9.64 Å². The Labute approximate surface area is 212 Å². The molecule has 0 bridgehead atoms. The number of methoxy groups -OCH3 is 1. The van der Waals surface area contributed by atoms with Crippen molar-refractivity contribution in [2.45, 2.75) is 30.3 Å². The third kappa shape index (κ3) is 4.69. The van der Waals surface area contributed by atoms with E-state index in [9.17, 15) is 17.6 Å². The zero-order chi connectivity index (χ0) is 25.3. The van der Waals surface area contributed by atoms with E-state index in [1.807, 2.05) is 6.07 Å². The first-order valence-corrected chi connectivity index (χ1v) is 13.5. The number of rotatable bonds is 7. The average molecular weight is 527 g/mol. The molecule has 1 atom stereocenters. The molecule has 0 radical (unpaired) electrons. The molecule has 0 saturated carbocycles. The lowest BCUT2D eigenvalue weighted by molar-refractivity contribution is -0.121. The highest BCUT2D eigenvalue weighted by atomic mass is 32.2. The van der Waals surface area contributed by atoms with E-state index in [-0.39, 0.29) is 23.9 Å². The summed E-state index contributed by atoms with van der Waals surface area (Å²) >= 11 is 1.19. The number of nitrogens with zero attached hydrogens (tertiary/aromatic N) is 4. The molecule has 3 heterocycles. The van der Waals surface area contributed by atoms with Crippen LogP contribution in [0.3, 0.4) is 0 Å². The number of halogens is 1. The van der Waals surface area contributed by atoms with Gasteiger partial charge in [-0.1, -0.05) is 17.4 Å². The molecule has 4 aromatic rings. The van der Waals surface area contributed by atoms with Gasteiger partial charge in [-0.05, 0) is 66.9 Å². The summed E-state index contributed by atoms with van der Waals surface area (Å²) in [6.07, 6.45) is 4.22. The summed E-state index contributed by atoms with van der Waals surface area (Å²) in [4.78, 5) is 24.2. The molecule has 0 aliphatic carbocycles. The van der Waals surface area contributed by atoms with Gasteiger partial charge >= 0.3 is 0 Å². The molecule has 8 nitrogen and oxygen atoms in total. The fourth-order valence-corrected chi connectivity index (χ4v) is 6.90. The van der Waals surface area contributed by atoms with Crippen molar-refractivity contribution in [3.8, 4) is 5.75 Å². The molecule has 2 aromatic carbocycles. The number of benzene rings is 2. The van der Waals surface area contributed by atoms with Gasteiger partial charge in [0.1, 0.15) is 17.6 Å². The van der Waals surface area contributed by atoms with Crippen LogP contribution in [-0.2, 0) is 21.4 Å². The summed E-state index contributed by atoms with van der Waals surface area (Å²) < 4.78 is 47.8. The minimum atomic E-state index is -3.93. The molecule has 1 amide bonds. The first kappa shape index (κ1) is 24.3. The lowest BCUT2D eigenvalue weighted by Crippen LogP contribution is -2.47. The zero-order valence-electron chi connectivity index (χ0n) is 19.4. The number of carbonyl (C=O) groups excluding carboxylic acids is 1. The molecular weight excluding hydrogens is 503 g/mol. The molecule has 5 rings (SSSR count). The Kier molecular flexibility index (Phi) is 6.69. The molecule has 36 heavy (non-hydrogen) atoms. The second-order valence-electron chi connectivity index (χ2n) is 8.34. The van der Waals surface area contributed by atoms with E-state index in [2.05, 4.69) is 9.97 Å². The van der Waals surface area contributed by atoms with Gasteiger partial charge in [-0.15, -0.1) is 0 Å². The number of thiazole rings is 1. The normalized spacial score (nSPS) is 16.3. The summed E-state index contributed by atoms with van der Waals surface area (Å²) in [5, 5.41) is 0.373. The van der Waals surface area contributed by atoms with Gasteiger partial charge in [-0.25, -0.2) is 17.8 Å². The SMILES string of the molecule is COc1ccc(S(=O)(=O)N2CCCC2C(=O)N(Cc2cccnc2)c2nc3ccc(F)cc3s2)cc1. The van der Waals surface area contributed by atoms with Crippen LogP contribution in [0.2, 0.25) is 0 Å². The van der Waals surface area contributed by atoms with Crippen LogP contribution in [0.25, 0.3) is 10.2 Å². The number of amides is 1. The molecule has 1 unspecified atom stereocenters. The average Bonchev–Trinajstić information content (AvgIpc) is 3.55. The molecule has 186 valence electrons. The predicted molar refractivity (Wildman–Crippen MR) is 135 cm³/mol. The highest BCUT2D eigenvalue weighted by molar-refractivity contribution is 7.89. The van der Waals surface area contributed by atoms with Crippen molar-refractivity contribution in [2.24, 2.45) is 0 Å². The highest BCUT2D eigenvalue weighted by Crippen LogP contribution is 2.34. The van der Waals surface area contributed by atoms with Crippen molar-refractivity contribution in [2.75, 3.05) is 18.6 Å². The Morgan fingerprint density at radius 2 is 2.03 bits per heavy atom. The number of hydrogen-bond acceptors (Lipinski definition) is 7. The maximum absolute atomic E-state index is 14.0. The topological polar surface area (TPSA) is 92.7 Å². The Balaban J connectivity index is 1.51. The first-order chi connectivity index (χ1) is 17.4. The number of fused-ring (bicyclic) bond motifs is 1.